The summed E-state index contributed by atoms with van der Waals surface area (Å²) in [7, 11) is -3.84. The molecule has 9 heteroatoms. The number of hydrogen-bond donors (Lipinski definition) is 0. The second-order valence-corrected chi connectivity index (χ2v) is 24.1. The first-order valence-corrected chi connectivity index (χ1v) is 25.3. The smallest absolute Gasteiger partial charge is 0.390 e. The van der Waals surface area contributed by atoms with E-state index in [1.54, 1.807) is 11.8 Å². The Morgan fingerprint density at radius 1 is 0.469 bits per heavy atom. The number of rotatable bonds is 11. The molecule has 8 aromatic rings. The summed E-state index contributed by atoms with van der Waals surface area (Å²) in [4.78, 5) is 1.84. The zero-order valence-electron chi connectivity index (χ0n) is 39.4. The van der Waals surface area contributed by atoms with Gasteiger partial charge in [-0.15, -0.1) is 0 Å². The molecule has 0 fully saturated rings. The molecule has 0 N–H and O–H groups in total. The molecule has 2 aromatic heterocycles. The van der Waals surface area contributed by atoms with Crippen molar-refractivity contribution in [1.82, 2.24) is 0 Å². The van der Waals surface area contributed by atoms with Gasteiger partial charge in [0.25, 0.3) is 0 Å². The van der Waals surface area contributed by atoms with E-state index in [-0.39, 0.29) is 27.6 Å². The average molecular weight is 913 g/mol. The monoisotopic (exact) mass is 912 g/mol. The third kappa shape index (κ3) is 10.3. The highest BCUT2D eigenvalue weighted by Crippen LogP contribution is 2.50. The van der Waals surface area contributed by atoms with Crippen LogP contribution in [0.1, 0.15) is 119 Å². The standard InChI is InChI=1S/C55H62O6P2S/c1-36(2)39-23-19-24-43-42-22-15-18-27-46(42)58-63(61-51(39)43)60-48-31-29-38(55(11,12)35-53(6,7)8)33-50(48)64-49-32-37(54(9,10)34-52(3,4)5)28-30-47(49)59-62-56-44-25-16-13-20-40(44)41-21-14-17-26-45(41)57-62/h13-33,36H,34-35H2,1-12H3. The van der Waals surface area contributed by atoms with Gasteiger partial charge in [-0.1, -0.05) is 180 Å². The molecule has 334 valence electrons. The van der Waals surface area contributed by atoms with Crippen LogP contribution in [0.2, 0.25) is 0 Å². The van der Waals surface area contributed by atoms with Gasteiger partial charge in [-0.2, -0.15) is 0 Å². The minimum atomic E-state index is -1.94. The van der Waals surface area contributed by atoms with Gasteiger partial charge in [0.1, 0.15) is 22.3 Å². The molecular formula is C55H62O6P2S. The van der Waals surface area contributed by atoms with Crippen LogP contribution in [0.15, 0.2) is 154 Å². The molecule has 64 heavy (non-hydrogen) atoms. The lowest BCUT2D eigenvalue weighted by atomic mass is 9.72. The van der Waals surface area contributed by atoms with Gasteiger partial charge >= 0.3 is 16.5 Å². The largest absolute Gasteiger partial charge is 0.453 e. The Morgan fingerprint density at radius 2 is 0.859 bits per heavy atom. The lowest BCUT2D eigenvalue weighted by Gasteiger charge is -2.33. The lowest BCUT2D eigenvalue weighted by Crippen LogP contribution is -2.25. The maximum absolute atomic E-state index is 7.02. The summed E-state index contributed by atoms with van der Waals surface area (Å²) in [5.74, 6) is 1.55. The third-order valence-electron chi connectivity index (χ3n) is 11.6. The number of fused-ring (bicyclic) bond motifs is 6. The quantitative estimate of drug-likeness (QED) is 0.128. The van der Waals surface area contributed by atoms with Crippen LogP contribution in [0.4, 0.5) is 0 Å². The van der Waals surface area contributed by atoms with Gasteiger partial charge in [0.2, 0.25) is 0 Å². The van der Waals surface area contributed by atoms with Crippen molar-refractivity contribution in [3.05, 3.63) is 144 Å². The fraction of sp³-hybridized carbons (Fsp3) is 0.345. The summed E-state index contributed by atoms with van der Waals surface area (Å²) in [6, 6.07) is 43.6. The SMILES string of the molecule is CC(C)c1cccc2c1op(Oc1ccc(C(C)(C)CC(C)(C)C)cc1Sc1cc(C(C)(C)CC(C)(C)C)ccc1Op1oc3ccccc3c3ccccc3o1)oc1ccccc12. The van der Waals surface area contributed by atoms with Gasteiger partial charge < -0.3 is 25.8 Å². The van der Waals surface area contributed by atoms with E-state index in [0.717, 1.165) is 72.1 Å². The highest BCUT2D eigenvalue weighted by Gasteiger charge is 2.31. The summed E-state index contributed by atoms with van der Waals surface area (Å²) in [6.45, 7) is 27.5. The van der Waals surface area contributed by atoms with Gasteiger partial charge in [-0.25, -0.2) is 0 Å². The molecule has 0 aliphatic carbocycles. The van der Waals surface area contributed by atoms with Crippen molar-refractivity contribution in [2.24, 2.45) is 10.8 Å². The minimum Gasteiger partial charge on any atom is -0.390 e. The molecule has 0 saturated heterocycles. The summed E-state index contributed by atoms with van der Waals surface area (Å²) in [5, 5.41) is 3.91. The van der Waals surface area contributed by atoms with Crippen LogP contribution >= 0.6 is 28.2 Å². The molecule has 0 aliphatic rings. The number of hydrogen-bond acceptors (Lipinski definition) is 7. The van der Waals surface area contributed by atoms with Crippen LogP contribution in [0, 0.1) is 10.8 Å². The fourth-order valence-electron chi connectivity index (χ4n) is 9.36. The van der Waals surface area contributed by atoms with E-state index in [2.05, 4.69) is 156 Å². The first kappa shape index (κ1) is 45.6. The number of benzene rings is 6. The van der Waals surface area contributed by atoms with Crippen LogP contribution < -0.4 is 9.05 Å². The zero-order chi connectivity index (χ0) is 45.6. The Morgan fingerprint density at radius 3 is 1.28 bits per heavy atom. The molecule has 0 aliphatic heterocycles. The molecule has 8 rings (SSSR count). The highest BCUT2D eigenvalue weighted by molar-refractivity contribution is 7.99. The van der Waals surface area contributed by atoms with Crippen LogP contribution in [-0.2, 0) is 10.8 Å². The molecule has 0 amide bonds. The maximum Gasteiger partial charge on any atom is 0.453 e. The molecule has 2 heterocycles. The van der Waals surface area contributed by atoms with E-state index in [9.17, 15) is 0 Å². The predicted molar refractivity (Wildman–Crippen MR) is 270 cm³/mol. The van der Waals surface area contributed by atoms with Gasteiger partial charge in [0, 0.05) is 21.5 Å². The van der Waals surface area contributed by atoms with Crippen LogP contribution in [-0.4, -0.2) is 0 Å². The Bertz CT molecular complexity index is 3000. The Labute approximate surface area is 385 Å². The Hall–Kier alpha value is -4.93. The fourth-order valence-corrected chi connectivity index (χ4v) is 12.7. The third-order valence-corrected chi connectivity index (χ3v) is 14.7. The van der Waals surface area contributed by atoms with Gasteiger partial charge in [-0.05, 0) is 99.6 Å². The minimum absolute atomic E-state index is 0.109. The molecule has 0 spiro atoms. The Balaban J connectivity index is 1.32. The second kappa shape index (κ2) is 17.8. The molecular weight excluding hydrogens is 851 g/mol. The highest BCUT2D eigenvalue weighted by atomic mass is 32.2. The molecule has 6 nitrogen and oxygen atoms in total. The van der Waals surface area contributed by atoms with Crippen LogP contribution in [0.5, 0.6) is 11.5 Å². The van der Waals surface area contributed by atoms with E-state index < -0.39 is 16.5 Å². The second-order valence-electron chi connectivity index (χ2n) is 21.0. The van der Waals surface area contributed by atoms with Gasteiger partial charge in [-0.3, -0.25) is 0 Å². The van der Waals surface area contributed by atoms with Gasteiger partial charge in [0.05, 0.1) is 9.79 Å². The Kier molecular flexibility index (Phi) is 12.7. The van der Waals surface area contributed by atoms with E-state index in [4.69, 9.17) is 25.8 Å². The van der Waals surface area contributed by atoms with Crippen molar-refractivity contribution in [2.75, 3.05) is 0 Å². The molecule has 0 bridgehead atoms. The van der Waals surface area contributed by atoms with E-state index in [1.165, 1.54) is 11.1 Å². The molecule has 1 atom stereocenters. The van der Waals surface area contributed by atoms with E-state index >= 15 is 0 Å². The first-order chi connectivity index (χ1) is 30.2. The molecule has 0 saturated carbocycles. The normalized spacial score (nSPS) is 13.0. The van der Waals surface area contributed by atoms with Crippen molar-refractivity contribution in [3.63, 3.8) is 0 Å². The topological polar surface area (TPSA) is 71.0 Å². The van der Waals surface area contributed by atoms with Crippen molar-refractivity contribution in [2.45, 2.75) is 122 Å². The van der Waals surface area contributed by atoms with Crippen molar-refractivity contribution < 1.29 is 25.8 Å². The molecule has 1 unspecified atom stereocenters. The van der Waals surface area contributed by atoms with Crippen LogP contribution in [0.3, 0.4) is 0 Å². The predicted octanol–water partition coefficient (Wildman–Crippen LogP) is 19.3. The molecule has 0 radical (unpaired) electrons. The number of para-hydroxylation sites is 4. The van der Waals surface area contributed by atoms with Crippen molar-refractivity contribution in [3.8, 4) is 11.5 Å². The summed E-state index contributed by atoms with van der Waals surface area (Å²) in [6.07, 6.45) is 1.98. The summed E-state index contributed by atoms with van der Waals surface area (Å²) >= 11 is 1.62. The average Bonchev–Trinajstić information content (AvgIpc) is 3.47. The maximum atomic E-state index is 7.02. The van der Waals surface area contributed by atoms with E-state index in [0.29, 0.717) is 11.5 Å². The van der Waals surface area contributed by atoms with E-state index in [1.807, 2.05) is 54.6 Å². The molecule has 6 aromatic carbocycles. The summed E-state index contributed by atoms with van der Waals surface area (Å²) in [5.41, 5.74) is 6.43. The summed E-state index contributed by atoms with van der Waals surface area (Å²) < 4.78 is 40.7. The van der Waals surface area contributed by atoms with Crippen molar-refractivity contribution in [1.29, 1.82) is 0 Å². The van der Waals surface area contributed by atoms with Crippen LogP contribution in [0.25, 0.3) is 43.9 Å². The van der Waals surface area contributed by atoms with Gasteiger partial charge in [0.15, 0.2) is 11.5 Å². The zero-order valence-corrected chi connectivity index (χ0v) is 42.0. The first-order valence-electron chi connectivity index (χ1n) is 22.3. The lowest BCUT2D eigenvalue weighted by molar-refractivity contribution is 0.283. The van der Waals surface area contributed by atoms with Crippen molar-refractivity contribution >= 4 is 72.1 Å².